The Morgan fingerprint density at radius 3 is 2.88 bits per heavy atom. The first-order chi connectivity index (χ1) is 12.3. The van der Waals surface area contributed by atoms with Crippen molar-refractivity contribution in [1.82, 2.24) is 14.9 Å². The fourth-order valence-corrected chi connectivity index (χ4v) is 3.44. The molecule has 1 aliphatic heterocycles. The lowest BCUT2D eigenvalue weighted by Gasteiger charge is -2.36. The average Bonchev–Trinajstić information content (AvgIpc) is 2.69. The van der Waals surface area contributed by atoms with Crippen LogP contribution in [0.3, 0.4) is 0 Å². The van der Waals surface area contributed by atoms with Gasteiger partial charge in [0.25, 0.3) is 5.91 Å². The van der Waals surface area contributed by atoms with Gasteiger partial charge in [0.1, 0.15) is 0 Å². The van der Waals surface area contributed by atoms with Crippen molar-refractivity contribution in [1.29, 1.82) is 0 Å². The lowest BCUT2D eigenvalue weighted by Crippen LogP contribution is -2.43. The monoisotopic (exact) mass is 339 g/mol. The second kappa shape index (κ2) is 8.72. The molecule has 0 radical (unpaired) electrons. The first-order valence-electron chi connectivity index (χ1n) is 8.97. The summed E-state index contributed by atoms with van der Waals surface area (Å²) in [7, 11) is 1.72. The third-order valence-electron chi connectivity index (χ3n) is 4.71. The van der Waals surface area contributed by atoms with Crippen LogP contribution >= 0.6 is 0 Å². The van der Waals surface area contributed by atoms with E-state index in [0.29, 0.717) is 17.4 Å². The first kappa shape index (κ1) is 17.5. The fourth-order valence-electron chi connectivity index (χ4n) is 3.44. The molecular formula is C20H25N3O2. The maximum atomic E-state index is 13.1. The third kappa shape index (κ3) is 4.42. The molecule has 3 rings (SSSR count). The number of carbonyl (C=O) groups is 1. The Morgan fingerprint density at radius 2 is 2.08 bits per heavy atom. The van der Waals surface area contributed by atoms with Crippen LogP contribution in [0, 0.1) is 0 Å². The number of amides is 1. The van der Waals surface area contributed by atoms with Crippen LogP contribution in [0.15, 0.2) is 42.7 Å². The Morgan fingerprint density at radius 1 is 1.24 bits per heavy atom. The highest BCUT2D eigenvalue weighted by Crippen LogP contribution is 2.24. The van der Waals surface area contributed by atoms with Gasteiger partial charge in [0.2, 0.25) is 0 Å². The number of benzene rings is 1. The molecule has 0 N–H and O–H groups in total. The average molecular weight is 339 g/mol. The summed E-state index contributed by atoms with van der Waals surface area (Å²) in [5, 5.41) is 0. The number of aromatic nitrogens is 2. The first-order valence-corrected chi connectivity index (χ1v) is 8.97. The molecule has 0 aliphatic carbocycles. The van der Waals surface area contributed by atoms with Gasteiger partial charge in [-0.15, -0.1) is 0 Å². The van der Waals surface area contributed by atoms with Gasteiger partial charge in [0.15, 0.2) is 5.82 Å². The lowest BCUT2D eigenvalue weighted by molar-refractivity contribution is 0.0585. The Balaban J connectivity index is 1.77. The molecule has 1 atom stereocenters. The molecule has 0 unspecified atom stereocenters. The van der Waals surface area contributed by atoms with Crippen molar-refractivity contribution in [3.05, 3.63) is 48.3 Å². The molecular weight excluding hydrogens is 314 g/mol. The van der Waals surface area contributed by atoms with Crippen molar-refractivity contribution in [3.8, 4) is 11.4 Å². The number of methoxy groups -OCH3 is 1. The molecule has 2 aromatic rings. The predicted octanol–water partition coefficient (Wildman–Crippen LogP) is 3.56. The van der Waals surface area contributed by atoms with E-state index >= 15 is 0 Å². The maximum Gasteiger partial charge on any atom is 0.254 e. The standard InChI is InChI=1S/C20H25N3O2/c1-25-14-5-10-18-9-2-3-13-23(18)20(24)17-8-4-7-16(15-17)19-21-11-6-12-22-19/h4,6-8,11-12,15,18H,2-3,5,9-10,13-14H2,1H3/t18-/m0/s1. The van der Waals surface area contributed by atoms with Gasteiger partial charge in [0.05, 0.1) is 0 Å². The van der Waals surface area contributed by atoms with Crippen molar-refractivity contribution >= 4 is 5.91 Å². The molecule has 132 valence electrons. The largest absolute Gasteiger partial charge is 0.385 e. The summed E-state index contributed by atoms with van der Waals surface area (Å²) in [6, 6.07) is 9.74. The Kier molecular flexibility index (Phi) is 6.12. The molecule has 1 aromatic carbocycles. The smallest absolute Gasteiger partial charge is 0.254 e. The highest BCUT2D eigenvalue weighted by molar-refractivity contribution is 5.95. The third-order valence-corrected chi connectivity index (χ3v) is 4.71. The number of hydrogen-bond donors (Lipinski definition) is 0. The summed E-state index contributed by atoms with van der Waals surface area (Å²) in [6.07, 6.45) is 8.77. The highest BCUT2D eigenvalue weighted by Gasteiger charge is 2.27. The van der Waals surface area contributed by atoms with Gasteiger partial charge in [-0.1, -0.05) is 12.1 Å². The van der Waals surface area contributed by atoms with Crippen LogP contribution in [-0.4, -0.2) is 47.1 Å². The molecule has 1 fully saturated rings. The Bertz CT molecular complexity index is 690. The number of hydrogen-bond acceptors (Lipinski definition) is 4. The fraction of sp³-hybridized carbons (Fsp3) is 0.450. The van der Waals surface area contributed by atoms with Crippen molar-refractivity contribution < 1.29 is 9.53 Å². The van der Waals surface area contributed by atoms with Crippen LogP contribution in [0.4, 0.5) is 0 Å². The molecule has 0 bridgehead atoms. The van der Waals surface area contributed by atoms with E-state index in [2.05, 4.69) is 9.97 Å². The topological polar surface area (TPSA) is 55.3 Å². The van der Waals surface area contributed by atoms with E-state index in [1.807, 2.05) is 29.2 Å². The minimum atomic E-state index is 0.111. The van der Waals surface area contributed by atoms with E-state index in [1.165, 1.54) is 6.42 Å². The van der Waals surface area contributed by atoms with Crippen LogP contribution in [0.1, 0.15) is 42.5 Å². The number of rotatable bonds is 6. The predicted molar refractivity (Wildman–Crippen MR) is 97.3 cm³/mol. The summed E-state index contributed by atoms with van der Waals surface area (Å²) in [4.78, 5) is 23.7. The van der Waals surface area contributed by atoms with E-state index in [0.717, 1.165) is 44.4 Å². The molecule has 0 saturated carbocycles. The van der Waals surface area contributed by atoms with Crippen molar-refractivity contribution in [3.63, 3.8) is 0 Å². The van der Waals surface area contributed by atoms with Crippen molar-refractivity contribution in [2.75, 3.05) is 20.3 Å². The molecule has 0 spiro atoms. The normalized spacial score (nSPS) is 17.5. The van der Waals surface area contributed by atoms with Crippen molar-refractivity contribution in [2.24, 2.45) is 0 Å². The SMILES string of the molecule is COCCC[C@@H]1CCCCN1C(=O)c1cccc(-c2ncccn2)c1. The molecule has 5 nitrogen and oxygen atoms in total. The van der Waals surface area contributed by atoms with Gasteiger partial charge in [-0.3, -0.25) is 4.79 Å². The van der Waals surface area contributed by atoms with E-state index in [4.69, 9.17) is 4.74 Å². The van der Waals surface area contributed by atoms with Gasteiger partial charge < -0.3 is 9.64 Å². The zero-order valence-electron chi connectivity index (χ0n) is 14.7. The highest BCUT2D eigenvalue weighted by atomic mass is 16.5. The minimum absolute atomic E-state index is 0.111. The van der Waals surface area contributed by atoms with Gasteiger partial charge in [-0.25, -0.2) is 9.97 Å². The number of piperidine rings is 1. The van der Waals surface area contributed by atoms with Gasteiger partial charge in [-0.2, -0.15) is 0 Å². The summed E-state index contributed by atoms with van der Waals surface area (Å²) in [5.41, 5.74) is 1.59. The van der Waals surface area contributed by atoms with E-state index in [-0.39, 0.29) is 5.91 Å². The second-order valence-electron chi connectivity index (χ2n) is 6.44. The number of ether oxygens (including phenoxy) is 1. The second-order valence-corrected chi connectivity index (χ2v) is 6.44. The van der Waals surface area contributed by atoms with Crippen LogP contribution < -0.4 is 0 Å². The molecule has 5 heteroatoms. The molecule has 1 amide bonds. The van der Waals surface area contributed by atoms with E-state index in [9.17, 15) is 4.79 Å². The molecule has 25 heavy (non-hydrogen) atoms. The molecule has 2 heterocycles. The van der Waals surface area contributed by atoms with E-state index in [1.54, 1.807) is 25.6 Å². The van der Waals surface area contributed by atoms with Gasteiger partial charge in [0, 0.05) is 49.8 Å². The Hall–Kier alpha value is -2.27. The van der Waals surface area contributed by atoms with Crippen LogP contribution in [0.2, 0.25) is 0 Å². The maximum absolute atomic E-state index is 13.1. The van der Waals surface area contributed by atoms with Gasteiger partial charge >= 0.3 is 0 Å². The van der Waals surface area contributed by atoms with E-state index < -0.39 is 0 Å². The molecule has 1 aliphatic rings. The van der Waals surface area contributed by atoms with Crippen molar-refractivity contribution in [2.45, 2.75) is 38.1 Å². The molecule has 1 aromatic heterocycles. The summed E-state index contributed by atoms with van der Waals surface area (Å²) in [5.74, 6) is 0.757. The summed E-state index contributed by atoms with van der Waals surface area (Å²) < 4.78 is 5.16. The lowest BCUT2D eigenvalue weighted by atomic mass is 9.96. The zero-order valence-corrected chi connectivity index (χ0v) is 14.7. The van der Waals surface area contributed by atoms with Crippen LogP contribution in [0.25, 0.3) is 11.4 Å². The number of likely N-dealkylation sites (tertiary alicyclic amines) is 1. The number of carbonyl (C=O) groups excluding carboxylic acids is 1. The Labute approximate surface area is 149 Å². The summed E-state index contributed by atoms with van der Waals surface area (Å²) >= 11 is 0. The molecule has 1 saturated heterocycles. The minimum Gasteiger partial charge on any atom is -0.385 e. The quantitative estimate of drug-likeness (QED) is 0.755. The van der Waals surface area contributed by atoms with Crippen LogP contribution in [-0.2, 0) is 4.74 Å². The van der Waals surface area contributed by atoms with Crippen LogP contribution in [0.5, 0.6) is 0 Å². The van der Waals surface area contributed by atoms with Gasteiger partial charge in [-0.05, 0) is 50.3 Å². The summed E-state index contributed by atoms with van der Waals surface area (Å²) in [6.45, 7) is 1.59. The zero-order chi connectivity index (χ0) is 17.5. The number of nitrogens with zero attached hydrogens (tertiary/aromatic N) is 3.